The van der Waals surface area contributed by atoms with E-state index < -0.39 is 19.0 Å². The van der Waals surface area contributed by atoms with E-state index in [0.717, 1.165) is 38.5 Å². The predicted octanol–water partition coefficient (Wildman–Crippen LogP) is 2.06. The molecule has 1 rings (SSSR count). The van der Waals surface area contributed by atoms with Crippen molar-refractivity contribution in [2.45, 2.75) is 50.9 Å². The normalized spacial score (nSPS) is 19.5. The number of nitrogens with two attached hydrogens (primary N) is 1. The lowest BCUT2D eigenvalue weighted by Gasteiger charge is -2.21. The average Bonchev–Trinajstić information content (AvgIpc) is 2.26. The molecule has 1 fully saturated rings. The van der Waals surface area contributed by atoms with Crippen LogP contribution < -0.4 is 11.1 Å². The van der Waals surface area contributed by atoms with E-state index in [2.05, 4.69) is 5.32 Å². The molecule has 3 N–H and O–H groups in total. The molecule has 100 valence electrons. The Morgan fingerprint density at radius 2 is 1.71 bits per heavy atom. The van der Waals surface area contributed by atoms with Crippen LogP contribution in [0.4, 0.5) is 8.78 Å². The molecule has 0 bridgehead atoms. The number of carbonyl (C=O) groups excluding carboxylic acids is 1. The highest BCUT2D eigenvalue weighted by Crippen LogP contribution is 2.22. The van der Waals surface area contributed by atoms with Crippen molar-refractivity contribution in [3.05, 3.63) is 0 Å². The molecule has 17 heavy (non-hydrogen) atoms. The number of halogens is 2. The summed E-state index contributed by atoms with van der Waals surface area (Å²) in [6.07, 6.45) is 7.18. The number of rotatable bonds is 4. The van der Waals surface area contributed by atoms with Crippen molar-refractivity contribution in [2.24, 2.45) is 11.7 Å². The molecule has 0 aromatic carbocycles. The Kier molecular flexibility index (Phi) is 5.82. The zero-order valence-electron chi connectivity index (χ0n) is 10.2. The molecule has 1 aliphatic carbocycles. The van der Waals surface area contributed by atoms with Gasteiger partial charge in [-0.2, -0.15) is 0 Å². The minimum absolute atomic E-state index is 0.0936. The van der Waals surface area contributed by atoms with E-state index >= 15 is 0 Å². The third kappa shape index (κ3) is 5.44. The van der Waals surface area contributed by atoms with Crippen LogP contribution in [-0.2, 0) is 4.79 Å². The molecule has 0 atom stereocenters. The second-order valence-electron chi connectivity index (χ2n) is 4.82. The second-order valence-corrected chi connectivity index (χ2v) is 4.82. The molecule has 3 nitrogen and oxygen atoms in total. The van der Waals surface area contributed by atoms with Crippen LogP contribution in [-0.4, -0.2) is 24.9 Å². The van der Waals surface area contributed by atoms with Crippen molar-refractivity contribution in [2.75, 3.05) is 13.1 Å². The lowest BCUT2D eigenvalue weighted by Crippen LogP contribution is -2.43. The summed E-state index contributed by atoms with van der Waals surface area (Å²) < 4.78 is 25.8. The molecule has 0 aliphatic heterocycles. The molecule has 1 amide bonds. The number of amides is 1. The second kappa shape index (κ2) is 6.89. The fourth-order valence-corrected chi connectivity index (χ4v) is 2.15. The summed E-state index contributed by atoms with van der Waals surface area (Å²) in [4.78, 5) is 11.7. The van der Waals surface area contributed by atoms with Crippen LogP contribution in [0, 0.1) is 5.92 Å². The van der Waals surface area contributed by atoms with Gasteiger partial charge in [-0.15, -0.1) is 0 Å². The van der Waals surface area contributed by atoms with Crippen LogP contribution in [0.5, 0.6) is 0 Å². The zero-order chi connectivity index (χ0) is 12.7. The fraction of sp³-hybridized carbons (Fsp3) is 0.917. The summed E-state index contributed by atoms with van der Waals surface area (Å²) in [6.45, 7) is -1.36. The van der Waals surface area contributed by atoms with Crippen LogP contribution in [0.25, 0.3) is 0 Å². The van der Waals surface area contributed by atoms with E-state index in [1.165, 1.54) is 6.42 Å². The van der Waals surface area contributed by atoms with Crippen LogP contribution in [0.2, 0.25) is 0 Å². The summed E-state index contributed by atoms with van der Waals surface area (Å²) in [5.74, 6) is -3.32. The van der Waals surface area contributed by atoms with Gasteiger partial charge in [0.2, 0.25) is 5.91 Å². The zero-order valence-corrected chi connectivity index (χ0v) is 10.2. The lowest BCUT2D eigenvalue weighted by molar-refractivity contribution is -0.127. The topological polar surface area (TPSA) is 55.1 Å². The Morgan fingerprint density at radius 3 is 2.24 bits per heavy atom. The van der Waals surface area contributed by atoms with Gasteiger partial charge >= 0.3 is 0 Å². The molecule has 0 spiro atoms. The van der Waals surface area contributed by atoms with Crippen LogP contribution in [0.15, 0.2) is 0 Å². The monoisotopic (exact) mass is 248 g/mol. The Morgan fingerprint density at radius 1 is 1.18 bits per heavy atom. The first-order valence-electron chi connectivity index (χ1n) is 6.41. The molecule has 0 heterocycles. The smallest absolute Gasteiger partial charge is 0.277 e. The van der Waals surface area contributed by atoms with Gasteiger partial charge < -0.3 is 11.1 Å². The Bertz CT molecular complexity index is 239. The first-order chi connectivity index (χ1) is 8.05. The number of hydrogen-bond donors (Lipinski definition) is 2. The van der Waals surface area contributed by atoms with Gasteiger partial charge in [-0.25, -0.2) is 8.78 Å². The fourth-order valence-electron chi connectivity index (χ4n) is 2.15. The molecule has 0 saturated heterocycles. The van der Waals surface area contributed by atoms with Gasteiger partial charge in [0.1, 0.15) is 0 Å². The van der Waals surface area contributed by atoms with Gasteiger partial charge in [-0.05, 0) is 12.8 Å². The van der Waals surface area contributed by atoms with Crippen molar-refractivity contribution >= 4 is 5.91 Å². The van der Waals surface area contributed by atoms with E-state index in [0.29, 0.717) is 0 Å². The highest BCUT2D eigenvalue weighted by molar-refractivity contribution is 5.78. The number of carbonyl (C=O) groups is 1. The minimum atomic E-state index is -2.99. The standard InChI is InChI=1S/C12H22F2N2O/c13-12(14,8-15)9-16-11(17)10-6-4-2-1-3-5-7-10/h10H,1-9,15H2,(H,16,17). The molecule has 0 aromatic rings. The first-order valence-corrected chi connectivity index (χ1v) is 6.41. The molecule has 0 unspecified atom stereocenters. The van der Waals surface area contributed by atoms with Gasteiger partial charge in [0.25, 0.3) is 5.92 Å². The van der Waals surface area contributed by atoms with Gasteiger partial charge in [0.15, 0.2) is 0 Å². The van der Waals surface area contributed by atoms with E-state index in [1.54, 1.807) is 0 Å². The molecule has 0 aromatic heterocycles. The summed E-state index contributed by atoms with van der Waals surface area (Å²) in [7, 11) is 0. The van der Waals surface area contributed by atoms with E-state index in [-0.39, 0.29) is 11.8 Å². The van der Waals surface area contributed by atoms with Crippen molar-refractivity contribution < 1.29 is 13.6 Å². The third-order valence-electron chi connectivity index (χ3n) is 3.30. The van der Waals surface area contributed by atoms with Crippen LogP contribution in [0.3, 0.4) is 0 Å². The Hall–Kier alpha value is -0.710. The molecule has 1 aliphatic rings. The van der Waals surface area contributed by atoms with Gasteiger partial charge in [-0.1, -0.05) is 32.1 Å². The van der Waals surface area contributed by atoms with E-state index in [9.17, 15) is 13.6 Å². The SMILES string of the molecule is NCC(F)(F)CNC(=O)C1CCCCCCC1. The van der Waals surface area contributed by atoms with Crippen molar-refractivity contribution in [3.63, 3.8) is 0 Å². The highest BCUT2D eigenvalue weighted by Gasteiger charge is 2.28. The summed E-state index contributed by atoms with van der Waals surface area (Å²) >= 11 is 0. The maximum Gasteiger partial charge on any atom is 0.277 e. The molecule has 5 heteroatoms. The molecule has 0 radical (unpaired) electrons. The summed E-state index contributed by atoms with van der Waals surface area (Å²) in [5.41, 5.74) is 4.92. The van der Waals surface area contributed by atoms with Gasteiger partial charge in [0, 0.05) is 5.92 Å². The van der Waals surface area contributed by atoms with E-state index in [4.69, 9.17) is 5.73 Å². The molecule has 1 saturated carbocycles. The largest absolute Gasteiger partial charge is 0.350 e. The van der Waals surface area contributed by atoms with Gasteiger partial charge in [-0.3, -0.25) is 4.79 Å². The van der Waals surface area contributed by atoms with Crippen molar-refractivity contribution in [1.29, 1.82) is 0 Å². The van der Waals surface area contributed by atoms with Crippen molar-refractivity contribution in [1.82, 2.24) is 5.32 Å². The predicted molar refractivity (Wildman–Crippen MR) is 62.8 cm³/mol. The first kappa shape index (κ1) is 14.4. The Balaban J connectivity index is 2.34. The quantitative estimate of drug-likeness (QED) is 0.800. The number of hydrogen-bond acceptors (Lipinski definition) is 2. The highest BCUT2D eigenvalue weighted by atomic mass is 19.3. The molecular formula is C12H22F2N2O. The maximum atomic E-state index is 12.9. The number of nitrogens with one attached hydrogen (secondary N) is 1. The average molecular weight is 248 g/mol. The Labute approximate surface area is 101 Å². The third-order valence-corrected chi connectivity index (χ3v) is 3.30. The lowest BCUT2D eigenvalue weighted by atomic mass is 9.90. The maximum absolute atomic E-state index is 12.9. The summed E-state index contributed by atoms with van der Waals surface area (Å²) in [5, 5.41) is 2.32. The minimum Gasteiger partial charge on any atom is -0.350 e. The summed E-state index contributed by atoms with van der Waals surface area (Å²) in [6, 6.07) is 0. The van der Waals surface area contributed by atoms with Gasteiger partial charge in [0.05, 0.1) is 13.1 Å². The molecular weight excluding hydrogens is 226 g/mol. The van der Waals surface area contributed by atoms with E-state index in [1.807, 2.05) is 0 Å². The van der Waals surface area contributed by atoms with Crippen LogP contribution >= 0.6 is 0 Å². The number of alkyl halides is 2. The van der Waals surface area contributed by atoms with Crippen molar-refractivity contribution in [3.8, 4) is 0 Å². The van der Waals surface area contributed by atoms with Crippen LogP contribution in [0.1, 0.15) is 44.9 Å².